The minimum absolute atomic E-state index is 0.0693. The smallest absolute Gasteiger partial charge is 0.270 e. The number of nitrogens with one attached hydrogen (secondary N) is 1. The lowest BCUT2D eigenvalue weighted by atomic mass is 9.94. The molecule has 9 nitrogen and oxygen atoms in total. The number of non-ortho nitro benzene ring substituents is 1. The SMILES string of the molecule is O=C(NCc1ccc2c(c1)OCCO2)c1cc([N+](=O)[O-])ccc1N(O)C1CCCCC1. The van der Waals surface area contributed by atoms with Crippen molar-refractivity contribution in [2.45, 2.75) is 44.7 Å². The number of ether oxygens (including phenoxy) is 2. The van der Waals surface area contributed by atoms with Gasteiger partial charge in [0, 0.05) is 18.7 Å². The highest BCUT2D eigenvalue weighted by Crippen LogP contribution is 2.32. The maximum Gasteiger partial charge on any atom is 0.270 e. The lowest BCUT2D eigenvalue weighted by Gasteiger charge is -2.31. The predicted molar refractivity (Wildman–Crippen MR) is 113 cm³/mol. The van der Waals surface area contributed by atoms with Gasteiger partial charge in [-0.25, -0.2) is 0 Å². The van der Waals surface area contributed by atoms with Gasteiger partial charge < -0.3 is 14.8 Å². The number of benzene rings is 2. The third kappa shape index (κ3) is 4.72. The molecule has 164 valence electrons. The van der Waals surface area contributed by atoms with Gasteiger partial charge in [0.05, 0.1) is 22.2 Å². The zero-order valence-corrected chi connectivity index (χ0v) is 17.1. The summed E-state index contributed by atoms with van der Waals surface area (Å²) in [6.45, 7) is 1.16. The number of anilines is 1. The Labute approximate surface area is 179 Å². The number of rotatable bonds is 6. The largest absolute Gasteiger partial charge is 0.486 e. The average Bonchev–Trinajstić information content (AvgIpc) is 2.82. The first-order chi connectivity index (χ1) is 15.0. The van der Waals surface area contributed by atoms with E-state index in [1.54, 1.807) is 12.1 Å². The summed E-state index contributed by atoms with van der Waals surface area (Å²) in [5, 5.41) is 25.9. The Balaban J connectivity index is 1.54. The van der Waals surface area contributed by atoms with Crippen molar-refractivity contribution in [2.75, 3.05) is 18.3 Å². The van der Waals surface area contributed by atoms with Gasteiger partial charge in [-0.3, -0.25) is 25.2 Å². The molecule has 1 amide bonds. The molecule has 1 saturated carbocycles. The molecule has 31 heavy (non-hydrogen) atoms. The number of carbonyl (C=O) groups is 1. The highest BCUT2D eigenvalue weighted by Gasteiger charge is 2.26. The summed E-state index contributed by atoms with van der Waals surface area (Å²) in [6, 6.07) is 9.24. The van der Waals surface area contributed by atoms with Crippen LogP contribution in [0.25, 0.3) is 0 Å². The summed E-state index contributed by atoms with van der Waals surface area (Å²) in [5.41, 5.74) is 0.944. The van der Waals surface area contributed by atoms with Crippen LogP contribution in [0.3, 0.4) is 0 Å². The fourth-order valence-corrected chi connectivity index (χ4v) is 4.02. The topological polar surface area (TPSA) is 114 Å². The number of fused-ring (bicyclic) bond motifs is 1. The Morgan fingerprint density at radius 3 is 2.58 bits per heavy atom. The molecule has 4 rings (SSSR count). The van der Waals surface area contributed by atoms with Crippen molar-refractivity contribution in [2.24, 2.45) is 0 Å². The maximum atomic E-state index is 13.0. The summed E-state index contributed by atoms with van der Waals surface area (Å²) in [6.07, 6.45) is 4.74. The van der Waals surface area contributed by atoms with E-state index in [-0.39, 0.29) is 29.5 Å². The molecule has 1 fully saturated rings. The lowest BCUT2D eigenvalue weighted by Crippen LogP contribution is -2.36. The molecule has 0 radical (unpaired) electrons. The molecule has 2 aromatic rings. The second-order valence-electron chi connectivity index (χ2n) is 7.76. The van der Waals surface area contributed by atoms with Crippen LogP contribution in [-0.4, -0.2) is 35.3 Å². The van der Waals surface area contributed by atoms with Gasteiger partial charge in [0.25, 0.3) is 11.6 Å². The first kappa shape index (κ1) is 20.9. The van der Waals surface area contributed by atoms with Gasteiger partial charge in [-0.1, -0.05) is 25.3 Å². The Morgan fingerprint density at radius 1 is 1.10 bits per heavy atom. The summed E-state index contributed by atoms with van der Waals surface area (Å²) in [4.78, 5) is 23.7. The molecule has 0 unspecified atom stereocenters. The Morgan fingerprint density at radius 2 is 1.84 bits per heavy atom. The molecule has 1 aliphatic heterocycles. The lowest BCUT2D eigenvalue weighted by molar-refractivity contribution is -0.384. The highest BCUT2D eigenvalue weighted by atomic mass is 16.6. The standard InChI is InChI=1S/C22H25N3O6/c26-22(23-14-15-6-9-20-21(12-15)31-11-10-30-20)18-13-17(25(28)29)7-8-19(18)24(27)16-4-2-1-3-5-16/h6-9,12-13,16,27H,1-5,10-11,14H2,(H,23,26). The minimum atomic E-state index is -0.552. The Kier molecular flexibility index (Phi) is 6.22. The molecule has 1 aliphatic carbocycles. The second kappa shape index (κ2) is 9.22. The Bertz CT molecular complexity index is 974. The van der Waals surface area contributed by atoms with Gasteiger partial charge >= 0.3 is 0 Å². The second-order valence-corrected chi connectivity index (χ2v) is 7.76. The van der Waals surface area contributed by atoms with Gasteiger partial charge in [-0.2, -0.15) is 0 Å². The fraction of sp³-hybridized carbons (Fsp3) is 0.409. The van der Waals surface area contributed by atoms with Crippen molar-refractivity contribution < 1.29 is 24.4 Å². The number of amides is 1. The summed E-state index contributed by atoms with van der Waals surface area (Å²) in [7, 11) is 0. The monoisotopic (exact) mass is 427 g/mol. The number of hydrogen-bond acceptors (Lipinski definition) is 7. The van der Waals surface area contributed by atoms with Crippen LogP contribution in [0.5, 0.6) is 11.5 Å². The van der Waals surface area contributed by atoms with Crippen LogP contribution >= 0.6 is 0 Å². The highest BCUT2D eigenvalue weighted by molar-refractivity contribution is 6.00. The van der Waals surface area contributed by atoms with E-state index in [1.807, 2.05) is 6.07 Å². The molecule has 2 aromatic carbocycles. The number of nitro groups is 1. The zero-order valence-electron chi connectivity index (χ0n) is 17.1. The number of hydrogen-bond donors (Lipinski definition) is 2. The molecule has 9 heteroatoms. The molecule has 0 bridgehead atoms. The van der Waals surface area contributed by atoms with Crippen LogP contribution in [0.2, 0.25) is 0 Å². The Hall–Kier alpha value is -3.33. The van der Waals surface area contributed by atoms with E-state index in [0.717, 1.165) is 42.7 Å². The fourth-order valence-electron chi connectivity index (χ4n) is 4.02. The van der Waals surface area contributed by atoms with Crippen LogP contribution < -0.4 is 19.9 Å². The molecule has 0 saturated heterocycles. The van der Waals surface area contributed by atoms with Crippen LogP contribution in [-0.2, 0) is 6.54 Å². The van der Waals surface area contributed by atoms with Crippen LogP contribution in [0.1, 0.15) is 48.0 Å². The molecule has 0 atom stereocenters. The first-order valence-electron chi connectivity index (χ1n) is 10.5. The van der Waals surface area contributed by atoms with Crippen molar-refractivity contribution in [1.82, 2.24) is 5.32 Å². The average molecular weight is 427 g/mol. The molecule has 2 aliphatic rings. The van der Waals surface area contributed by atoms with E-state index in [2.05, 4.69) is 5.32 Å². The first-order valence-corrected chi connectivity index (χ1v) is 10.5. The van der Waals surface area contributed by atoms with E-state index >= 15 is 0 Å². The van der Waals surface area contributed by atoms with Crippen LogP contribution in [0.15, 0.2) is 36.4 Å². The normalized spacial score (nSPS) is 15.9. The maximum absolute atomic E-state index is 13.0. The minimum Gasteiger partial charge on any atom is -0.486 e. The third-order valence-corrected chi connectivity index (χ3v) is 5.66. The number of nitro benzene ring substituents is 1. The van der Waals surface area contributed by atoms with Gasteiger partial charge in [-0.15, -0.1) is 0 Å². The van der Waals surface area contributed by atoms with Gasteiger partial charge in [-0.05, 0) is 36.6 Å². The van der Waals surface area contributed by atoms with Crippen LogP contribution in [0.4, 0.5) is 11.4 Å². The van der Waals surface area contributed by atoms with Crippen molar-refractivity contribution in [3.63, 3.8) is 0 Å². The number of carbonyl (C=O) groups excluding carboxylic acids is 1. The summed E-state index contributed by atoms with van der Waals surface area (Å²) < 4.78 is 11.1. The van der Waals surface area contributed by atoms with E-state index in [0.29, 0.717) is 24.7 Å². The molecule has 0 spiro atoms. The predicted octanol–water partition coefficient (Wildman–Crippen LogP) is 3.82. The zero-order chi connectivity index (χ0) is 21.8. The number of nitrogens with zero attached hydrogens (tertiary/aromatic N) is 2. The molecule has 0 aromatic heterocycles. The van der Waals surface area contributed by atoms with Crippen LogP contribution in [0, 0.1) is 10.1 Å². The molecule has 1 heterocycles. The molecular weight excluding hydrogens is 402 g/mol. The van der Waals surface area contributed by atoms with E-state index in [4.69, 9.17) is 9.47 Å². The molecule has 2 N–H and O–H groups in total. The summed E-state index contributed by atoms with van der Waals surface area (Å²) >= 11 is 0. The summed E-state index contributed by atoms with van der Waals surface area (Å²) in [5.74, 6) is 0.780. The van der Waals surface area contributed by atoms with E-state index in [9.17, 15) is 20.1 Å². The van der Waals surface area contributed by atoms with Crippen molar-refractivity contribution in [3.05, 3.63) is 57.6 Å². The van der Waals surface area contributed by atoms with Gasteiger partial charge in [0.15, 0.2) is 11.5 Å². The quantitative estimate of drug-likeness (QED) is 0.532. The van der Waals surface area contributed by atoms with Gasteiger partial charge in [0.1, 0.15) is 13.2 Å². The van der Waals surface area contributed by atoms with E-state index < -0.39 is 10.8 Å². The van der Waals surface area contributed by atoms with Crippen molar-refractivity contribution in [1.29, 1.82) is 0 Å². The molecular formula is C22H25N3O6. The van der Waals surface area contributed by atoms with Gasteiger partial charge in [0.2, 0.25) is 0 Å². The number of hydroxylamine groups is 1. The van der Waals surface area contributed by atoms with Crippen molar-refractivity contribution in [3.8, 4) is 11.5 Å². The van der Waals surface area contributed by atoms with Crippen molar-refractivity contribution >= 4 is 17.3 Å². The van der Waals surface area contributed by atoms with E-state index in [1.165, 1.54) is 18.2 Å². The third-order valence-electron chi connectivity index (χ3n) is 5.66.